The van der Waals surface area contributed by atoms with E-state index in [4.69, 9.17) is 23.8 Å². The van der Waals surface area contributed by atoms with Crippen molar-refractivity contribution in [3.05, 3.63) is 49.9 Å². The Hall–Kier alpha value is -1.24. The highest BCUT2D eigenvalue weighted by Gasteiger charge is 2.19. The van der Waals surface area contributed by atoms with Crippen LogP contribution >= 0.6 is 35.2 Å². The summed E-state index contributed by atoms with van der Waals surface area (Å²) < 4.78 is 30.1. The minimum Gasteiger partial charge on any atom is -0.330 e. The summed E-state index contributed by atoms with van der Waals surface area (Å²) in [6, 6.07) is 5.96. The van der Waals surface area contributed by atoms with Crippen molar-refractivity contribution in [2.45, 2.75) is 13.0 Å². The van der Waals surface area contributed by atoms with Crippen molar-refractivity contribution in [3.63, 3.8) is 0 Å². The zero-order valence-electron chi connectivity index (χ0n) is 10.3. The topological polar surface area (TPSA) is 20.7 Å². The molecule has 0 spiro atoms. The molecule has 0 bridgehead atoms. The van der Waals surface area contributed by atoms with E-state index in [9.17, 15) is 8.78 Å². The molecule has 3 aromatic rings. The molecule has 1 atom stereocenters. The highest BCUT2D eigenvalue weighted by Crippen LogP contribution is 2.32. The van der Waals surface area contributed by atoms with Crippen LogP contribution in [-0.4, -0.2) is 9.55 Å². The summed E-state index contributed by atoms with van der Waals surface area (Å²) in [5.74, 6) is -1.79. The summed E-state index contributed by atoms with van der Waals surface area (Å²) in [5, 5.41) is 0. The molecule has 2 heterocycles. The number of H-pyrrole nitrogens is 1. The van der Waals surface area contributed by atoms with E-state index >= 15 is 0 Å². The number of aromatic amines is 1. The number of hydrogen-bond acceptors (Lipinski definition) is 2. The molecule has 104 valence electrons. The molecule has 0 radical (unpaired) electrons. The predicted molar refractivity (Wildman–Crippen MR) is 80.2 cm³/mol. The van der Waals surface area contributed by atoms with Gasteiger partial charge in [-0.25, -0.2) is 8.78 Å². The Kier molecular flexibility index (Phi) is 3.40. The van der Waals surface area contributed by atoms with Gasteiger partial charge < -0.3 is 9.55 Å². The van der Waals surface area contributed by atoms with E-state index in [2.05, 4.69) is 4.98 Å². The molecule has 0 aliphatic rings. The third kappa shape index (κ3) is 2.08. The van der Waals surface area contributed by atoms with Gasteiger partial charge in [-0.3, -0.25) is 0 Å². The van der Waals surface area contributed by atoms with Gasteiger partial charge in [-0.1, -0.05) is 11.6 Å². The minimum atomic E-state index is -0.899. The van der Waals surface area contributed by atoms with Crippen LogP contribution in [0.1, 0.15) is 17.8 Å². The van der Waals surface area contributed by atoms with Gasteiger partial charge in [0.2, 0.25) is 0 Å². The zero-order chi connectivity index (χ0) is 14.4. The Morgan fingerprint density at radius 3 is 2.70 bits per heavy atom. The smallest absolute Gasteiger partial charge is 0.184 e. The summed E-state index contributed by atoms with van der Waals surface area (Å²) in [6.45, 7) is 1.87. The molecule has 0 saturated carbocycles. The van der Waals surface area contributed by atoms with Crippen molar-refractivity contribution >= 4 is 46.2 Å². The summed E-state index contributed by atoms with van der Waals surface area (Å²) in [4.78, 5) is 3.82. The van der Waals surface area contributed by atoms with E-state index in [1.165, 1.54) is 17.4 Å². The first-order valence-corrected chi connectivity index (χ1v) is 7.42. The molecule has 1 N–H and O–H groups in total. The number of halogens is 3. The van der Waals surface area contributed by atoms with Crippen molar-refractivity contribution in [1.82, 2.24) is 9.55 Å². The molecular weight excluding hydrogens is 322 g/mol. The number of rotatable bonds is 2. The van der Waals surface area contributed by atoms with Crippen LogP contribution < -0.4 is 0 Å². The Morgan fingerprint density at radius 2 is 2.05 bits per heavy atom. The minimum absolute atomic E-state index is 0.145. The van der Waals surface area contributed by atoms with E-state index in [0.717, 1.165) is 10.9 Å². The lowest BCUT2D eigenvalue weighted by atomic mass is 10.2. The van der Waals surface area contributed by atoms with Crippen molar-refractivity contribution in [3.8, 4) is 0 Å². The van der Waals surface area contributed by atoms with Crippen molar-refractivity contribution in [2.24, 2.45) is 0 Å². The van der Waals surface area contributed by atoms with Crippen LogP contribution in [0.2, 0.25) is 4.34 Å². The second-order valence-corrected chi connectivity index (χ2v) is 6.51. The Labute approximate surface area is 127 Å². The van der Waals surface area contributed by atoms with Crippen molar-refractivity contribution < 1.29 is 8.78 Å². The molecular formula is C13H9ClF2N2S2. The number of benzene rings is 1. The van der Waals surface area contributed by atoms with Gasteiger partial charge in [-0.05, 0) is 43.4 Å². The fourth-order valence-corrected chi connectivity index (χ4v) is 3.67. The van der Waals surface area contributed by atoms with Crippen LogP contribution in [0, 0.1) is 16.4 Å². The van der Waals surface area contributed by atoms with Gasteiger partial charge in [0.15, 0.2) is 16.4 Å². The largest absolute Gasteiger partial charge is 0.330 e. The summed E-state index contributed by atoms with van der Waals surface area (Å²) in [5.41, 5.74) is 0.621. The van der Waals surface area contributed by atoms with Gasteiger partial charge in [-0.2, -0.15) is 0 Å². The van der Waals surface area contributed by atoms with Crippen molar-refractivity contribution in [2.75, 3.05) is 0 Å². The van der Waals surface area contributed by atoms with Gasteiger partial charge >= 0.3 is 0 Å². The molecule has 1 unspecified atom stereocenters. The lowest BCUT2D eigenvalue weighted by Gasteiger charge is -2.13. The molecule has 20 heavy (non-hydrogen) atoms. The van der Waals surface area contributed by atoms with Gasteiger partial charge in [0.05, 0.1) is 15.9 Å². The summed E-state index contributed by atoms with van der Waals surface area (Å²) >= 11 is 12.5. The number of nitrogens with zero attached hydrogens (tertiary/aromatic N) is 1. The van der Waals surface area contributed by atoms with Gasteiger partial charge in [-0.15, -0.1) is 11.3 Å². The fraction of sp³-hybridized carbons (Fsp3) is 0.154. The zero-order valence-corrected chi connectivity index (χ0v) is 12.7. The maximum Gasteiger partial charge on any atom is 0.184 e. The maximum absolute atomic E-state index is 14.1. The Bertz CT molecular complexity index is 850. The van der Waals surface area contributed by atoms with E-state index in [1.54, 1.807) is 10.6 Å². The van der Waals surface area contributed by atoms with Crippen LogP contribution in [0.3, 0.4) is 0 Å². The van der Waals surface area contributed by atoms with Crippen molar-refractivity contribution in [1.29, 1.82) is 0 Å². The average molecular weight is 331 g/mol. The van der Waals surface area contributed by atoms with Gasteiger partial charge in [0.25, 0.3) is 0 Å². The number of thiophene rings is 1. The number of nitrogens with one attached hydrogen (secondary N) is 1. The highest BCUT2D eigenvalue weighted by atomic mass is 35.5. The number of fused-ring (bicyclic) bond motifs is 1. The average Bonchev–Trinajstić information content (AvgIpc) is 2.97. The molecule has 2 aromatic heterocycles. The molecule has 2 nitrogen and oxygen atoms in total. The molecule has 0 amide bonds. The SMILES string of the molecule is CC(c1ccc(Cl)s1)n1c(=S)[nH]c2ccc(F)c(F)c21. The Balaban J connectivity index is 2.28. The third-order valence-corrected chi connectivity index (χ3v) is 4.86. The van der Waals surface area contributed by atoms with Crippen LogP contribution in [0.5, 0.6) is 0 Å². The van der Waals surface area contributed by atoms with E-state index in [0.29, 0.717) is 14.6 Å². The third-order valence-electron chi connectivity index (χ3n) is 3.16. The first-order chi connectivity index (χ1) is 9.49. The fourth-order valence-electron chi connectivity index (χ4n) is 2.20. The molecule has 0 saturated heterocycles. The molecule has 0 aliphatic heterocycles. The van der Waals surface area contributed by atoms with Gasteiger partial charge in [0, 0.05) is 4.88 Å². The van der Waals surface area contributed by atoms with E-state index < -0.39 is 11.6 Å². The van der Waals surface area contributed by atoms with Crippen LogP contribution in [0.15, 0.2) is 24.3 Å². The first kappa shape index (κ1) is 13.7. The van der Waals surface area contributed by atoms with E-state index in [-0.39, 0.29) is 11.6 Å². The second kappa shape index (κ2) is 4.95. The number of hydrogen-bond donors (Lipinski definition) is 1. The van der Waals surface area contributed by atoms with Crippen LogP contribution in [0.4, 0.5) is 8.78 Å². The van der Waals surface area contributed by atoms with Crippen LogP contribution in [-0.2, 0) is 0 Å². The quantitative estimate of drug-likeness (QED) is 0.632. The monoisotopic (exact) mass is 330 g/mol. The molecule has 1 aromatic carbocycles. The maximum atomic E-state index is 14.1. The predicted octanol–water partition coefficient (Wildman–Crippen LogP) is 5.30. The first-order valence-electron chi connectivity index (χ1n) is 5.82. The molecule has 0 aliphatic carbocycles. The lowest BCUT2D eigenvalue weighted by Crippen LogP contribution is -2.06. The highest BCUT2D eigenvalue weighted by molar-refractivity contribution is 7.71. The standard InChI is InChI=1S/C13H9ClF2N2S2/c1-6(9-4-5-10(14)20-9)18-12-8(17-13(18)19)3-2-7(15)11(12)16/h2-6H,1H3,(H,17,19). The lowest BCUT2D eigenvalue weighted by molar-refractivity contribution is 0.509. The van der Waals surface area contributed by atoms with Gasteiger partial charge in [0.1, 0.15) is 5.52 Å². The second-order valence-electron chi connectivity index (χ2n) is 4.38. The normalized spacial score (nSPS) is 13.0. The number of aromatic nitrogens is 2. The Morgan fingerprint density at radius 1 is 1.30 bits per heavy atom. The number of imidazole rings is 1. The van der Waals surface area contributed by atoms with E-state index in [1.807, 2.05) is 13.0 Å². The summed E-state index contributed by atoms with van der Waals surface area (Å²) in [6.07, 6.45) is 0. The summed E-state index contributed by atoms with van der Waals surface area (Å²) in [7, 11) is 0. The van der Waals surface area contributed by atoms with Crippen LogP contribution in [0.25, 0.3) is 11.0 Å². The molecule has 0 fully saturated rings. The molecule has 7 heteroatoms. The molecule has 3 rings (SSSR count).